The molecule has 230 valence electrons. The number of esters is 1. The number of carbonyl (C=O) groups excluding carboxylic acids is 1. The largest absolute Gasteiger partial charge is 0.469 e. The highest BCUT2D eigenvalue weighted by molar-refractivity contribution is 5.69. The number of aliphatic hydroxyl groups is 1. The van der Waals surface area contributed by atoms with Crippen LogP contribution in [0.1, 0.15) is 110 Å². The minimum Gasteiger partial charge on any atom is -0.469 e. The average molecular weight is 565 g/mol. The van der Waals surface area contributed by atoms with Gasteiger partial charge in [-0.3, -0.25) is 4.79 Å². The van der Waals surface area contributed by atoms with Crippen molar-refractivity contribution in [3.8, 4) is 0 Å². The fourth-order valence-electron chi connectivity index (χ4n) is 6.19. The lowest BCUT2D eigenvalue weighted by atomic mass is 9.89. The van der Waals surface area contributed by atoms with Gasteiger partial charge in [-0.2, -0.15) is 0 Å². The lowest BCUT2D eigenvalue weighted by Gasteiger charge is -2.30. The molecule has 0 aromatic rings. The zero-order valence-electron chi connectivity index (χ0n) is 25.3. The number of methoxy groups -OCH3 is 1. The van der Waals surface area contributed by atoms with Gasteiger partial charge in [0.15, 0.2) is 12.6 Å². The summed E-state index contributed by atoms with van der Waals surface area (Å²) < 4.78 is 29.6. The zero-order valence-corrected chi connectivity index (χ0v) is 25.3. The Bertz CT molecular complexity index is 741. The average Bonchev–Trinajstić information content (AvgIpc) is 3.26. The number of hydrogen-bond acceptors (Lipinski definition) is 7. The summed E-state index contributed by atoms with van der Waals surface area (Å²) in [5.41, 5.74) is 0. The molecule has 2 aliphatic heterocycles. The van der Waals surface area contributed by atoms with Crippen molar-refractivity contribution in [2.24, 2.45) is 17.8 Å². The third kappa shape index (κ3) is 11.9. The van der Waals surface area contributed by atoms with Gasteiger partial charge in [-0.25, -0.2) is 0 Å². The van der Waals surface area contributed by atoms with Crippen LogP contribution in [0.15, 0.2) is 24.3 Å². The van der Waals surface area contributed by atoms with Crippen molar-refractivity contribution in [1.82, 2.24) is 0 Å². The Balaban J connectivity index is 1.69. The number of carbonyl (C=O) groups is 1. The van der Waals surface area contributed by atoms with Gasteiger partial charge in [0.25, 0.3) is 0 Å². The molecule has 3 aliphatic rings. The molecule has 3 rings (SSSR count). The molecular weight excluding hydrogens is 508 g/mol. The van der Waals surface area contributed by atoms with Crippen molar-refractivity contribution in [3.63, 3.8) is 0 Å². The molecule has 1 N–H and O–H groups in total. The molecule has 0 spiro atoms. The van der Waals surface area contributed by atoms with Crippen LogP contribution in [0.5, 0.6) is 0 Å². The number of unbranched alkanes of at least 4 members (excludes halogenated alkanes) is 2. The van der Waals surface area contributed by atoms with Crippen LogP contribution in [-0.2, 0) is 28.5 Å². The standard InChI is InChI=1S/C33H56O7/c1-4-5-14-25(2)23-26(39-32-17-10-12-21-37-32)19-20-28-27(15-8-6-7-9-16-31(35)36-3)29(34)24-30(28)40-33-18-11-13-22-38-33/h6,8,19-20,25-30,32-34H,4-5,7,9-18,21-24H2,1-3H3/t25-,26-,27+,28+,29+,30+,32?,33?/m0/s1. The molecule has 0 radical (unpaired) electrons. The summed E-state index contributed by atoms with van der Waals surface area (Å²) in [4.78, 5) is 11.4. The van der Waals surface area contributed by atoms with E-state index in [9.17, 15) is 9.90 Å². The Labute approximate surface area is 243 Å². The first-order chi connectivity index (χ1) is 19.5. The van der Waals surface area contributed by atoms with Crippen LogP contribution < -0.4 is 0 Å². The van der Waals surface area contributed by atoms with Crippen LogP contribution in [0.2, 0.25) is 0 Å². The summed E-state index contributed by atoms with van der Waals surface area (Å²) in [6.07, 6.45) is 22.2. The smallest absolute Gasteiger partial charge is 0.305 e. The number of rotatable bonds is 17. The Hall–Kier alpha value is -1.25. The molecule has 0 bridgehead atoms. The topological polar surface area (TPSA) is 83.5 Å². The molecule has 1 saturated carbocycles. The molecule has 8 atom stereocenters. The Morgan fingerprint density at radius 3 is 2.48 bits per heavy atom. The highest BCUT2D eigenvalue weighted by Gasteiger charge is 2.42. The normalized spacial score (nSPS) is 31.1. The maximum atomic E-state index is 11.4. The molecule has 1 aliphatic carbocycles. The van der Waals surface area contributed by atoms with Gasteiger partial charge in [0.05, 0.1) is 25.4 Å². The van der Waals surface area contributed by atoms with Crippen molar-refractivity contribution in [2.45, 2.75) is 141 Å². The van der Waals surface area contributed by atoms with E-state index in [0.29, 0.717) is 18.8 Å². The molecule has 2 heterocycles. The second kappa shape index (κ2) is 19.0. The van der Waals surface area contributed by atoms with Crippen molar-refractivity contribution in [3.05, 3.63) is 24.3 Å². The van der Waals surface area contributed by atoms with Crippen LogP contribution in [0.4, 0.5) is 0 Å². The van der Waals surface area contributed by atoms with Gasteiger partial charge in [0, 0.05) is 32.0 Å². The Morgan fingerprint density at radius 1 is 1.05 bits per heavy atom. The molecule has 0 aromatic heterocycles. The summed E-state index contributed by atoms with van der Waals surface area (Å²) >= 11 is 0. The van der Waals surface area contributed by atoms with Crippen LogP contribution in [0.25, 0.3) is 0 Å². The molecule has 2 unspecified atom stereocenters. The SMILES string of the molecule is CCCC[C@H](C)C[C@H](C=C[C@@H]1[C@@H](CC=CCCCC(=O)OC)[C@H](O)C[C@H]1OC1CCCCO1)OC1CCCCO1. The number of hydrogen-bond donors (Lipinski definition) is 1. The van der Waals surface area contributed by atoms with E-state index in [2.05, 4.69) is 38.2 Å². The third-order valence-electron chi connectivity index (χ3n) is 8.61. The lowest BCUT2D eigenvalue weighted by molar-refractivity contribution is -0.193. The van der Waals surface area contributed by atoms with Crippen LogP contribution in [-0.4, -0.2) is 62.3 Å². The summed E-state index contributed by atoms with van der Waals surface area (Å²) in [6, 6.07) is 0. The summed E-state index contributed by atoms with van der Waals surface area (Å²) in [5.74, 6) is 0.531. The van der Waals surface area contributed by atoms with E-state index in [1.807, 2.05) is 0 Å². The predicted octanol–water partition coefficient (Wildman–Crippen LogP) is 6.87. The van der Waals surface area contributed by atoms with Crippen LogP contribution in [0.3, 0.4) is 0 Å². The van der Waals surface area contributed by atoms with E-state index in [-0.39, 0.29) is 42.6 Å². The van der Waals surface area contributed by atoms with Gasteiger partial charge in [-0.1, -0.05) is 57.4 Å². The quantitative estimate of drug-likeness (QED) is 0.117. The second-order valence-corrected chi connectivity index (χ2v) is 12.0. The molecule has 40 heavy (non-hydrogen) atoms. The maximum absolute atomic E-state index is 11.4. The molecule has 7 nitrogen and oxygen atoms in total. The predicted molar refractivity (Wildman–Crippen MR) is 157 cm³/mol. The van der Waals surface area contributed by atoms with Crippen molar-refractivity contribution >= 4 is 5.97 Å². The van der Waals surface area contributed by atoms with E-state index in [1.54, 1.807) is 0 Å². The van der Waals surface area contributed by atoms with Crippen LogP contribution in [0, 0.1) is 17.8 Å². The van der Waals surface area contributed by atoms with Gasteiger partial charge in [0.1, 0.15) is 0 Å². The molecule has 2 saturated heterocycles. The van der Waals surface area contributed by atoms with E-state index in [0.717, 1.165) is 77.4 Å². The van der Waals surface area contributed by atoms with Crippen molar-refractivity contribution in [1.29, 1.82) is 0 Å². The van der Waals surface area contributed by atoms with E-state index in [4.69, 9.17) is 23.7 Å². The fourth-order valence-corrected chi connectivity index (χ4v) is 6.19. The first-order valence-corrected chi connectivity index (χ1v) is 16.1. The third-order valence-corrected chi connectivity index (χ3v) is 8.61. The molecule has 0 aromatic carbocycles. The van der Waals surface area contributed by atoms with Gasteiger partial charge in [-0.05, 0) is 76.0 Å². The minimum atomic E-state index is -0.438. The lowest BCUT2D eigenvalue weighted by Crippen LogP contribution is -2.31. The molecule has 3 fully saturated rings. The first kappa shape index (κ1) is 33.3. The number of allylic oxidation sites excluding steroid dienone is 2. The Kier molecular flexibility index (Phi) is 15.8. The summed E-state index contributed by atoms with van der Waals surface area (Å²) in [7, 11) is 1.42. The zero-order chi connectivity index (χ0) is 28.6. The van der Waals surface area contributed by atoms with Crippen molar-refractivity contribution in [2.75, 3.05) is 20.3 Å². The maximum Gasteiger partial charge on any atom is 0.305 e. The van der Waals surface area contributed by atoms with Gasteiger partial charge in [-0.15, -0.1) is 0 Å². The van der Waals surface area contributed by atoms with E-state index >= 15 is 0 Å². The van der Waals surface area contributed by atoms with Gasteiger partial charge in [0.2, 0.25) is 0 Å². The van der Waals surface area contributed by atoms with Gasteiger partial charge < -0.3 is 28.8 Å². The second-order valence-electron chi connectivity index (χ2n) is 12.0. The van der Waals surface area contributed by atoms with E-state index < -0.39 is 6.10 Å². The molecular formula is C33H56O7. The van der Waals surface area contributed by atoms with E-state index in [1.165, 1.54) is 26.4 Å². The minimum absolute atomic E-state index is 0.0196. The molecule has 0 amide bonds. The molecule has 7 heteroatoms. The number of ether oxygens (including phenoxy) is 5. The Morgan fingerprint density at radius 2 is 1.80 bits per heavy atom. The number of aliphatic hydroxyl groups excluding tert-OH is 1. The van der Waals surface area contributed by atoms with Gasteiger partial charge >= 0.3 is 5.97 Å². The summed E-state index contributed by atoms with van der Waals surface area (Å²) in [6.45, 7) is 6.07. The van der Waals surface area contributed by atoms with Crippen molar-refractivity contribution < 1.29 is 33.6 Å². The van der Waals surface area contributed by atoms with Crippen LogP contribution >= 0.6 is 0 Å². The highest BCUT2D eigenvalue weighted by atomic mass is 16.7. The summed E-state index contributed by atoms with van der Waals surface area (Å²) in [5, 5.41) is 11.1. The monoisotopic (exact) mass is 564 g/mol. The fraction of sp³-hybridized carbons (Fsp3) is 0.848. The first-order valence-electron chi connectivity index (χ1n) is 16.1. The highest BCUT2D eigenvalue weighted by Crippen LogP contribution is 2.40.